The topological polar surface area (TPSA) is 16.4 Å². The summed E-state index contributed by atoms with van der Waals surface area (Å²) in [5.41, 5.74) is 17.7. The summed E-state index contributed by atoms with van der Waals surface area (Å²) in [6, 6.07) is 69.9. The van der Waals surface area contributed by atoms with Crippen LogP contribution in [-0.4, -0.2) is 0 Å². The van der Waals surface area contributed by atoms with Crippen LogP contribution in [0.4, 0.5) is 17.1 Å². The second-order valence-corrected chi connectivity index (χ2v) is 18.4. The van der Waals surface area contributed by atoms with E-state index in [0.717, 1.165) is 50.0 Å². The van der Waals surface area contributed by atoms with Crippen LogP contribution < -0.4 is 4.90 Å². The fourth-order valence-corrected chi connectivity index (χ4v) is 11.4. The van der Waals surface area contributed by atoms with Gasteiger partial charge in [-0.2, -0.15) is 0 Å². The van der Waals surface area contributed by atoms with Crippen molar-refractivity contribution in [2.24, 2.45) is 0 Å². The van der Waals surface area contributed by atoms with Crippen molar-refractivity contribution in [3.63, 3.8) is 0 Å². The molecule has 0 fully saturated rings. The van der Waals surface area contributed by atoms with Crippen molar-refractivity contribution < 1.29 is 4.42 Å². The number of rotatable bonds is 4. The molecule has 0 aliphatic heterocycles. The molecule has 0 saturated heterocycles. The minimum atomic E-state index is -0.174. The summed E-state index contributed by atoms with van der Waals surface area (Å²) in [6.07, 6.45) is 0. The molecule has 2 aliphatic carbocycles. The molecule has 13 rings (SSSR count). The van der Waals surface area contributed by atoms with Crippen LogP contribution >= 0.6 is 0 Å². The summed E-state index contributed by atoms with van der Waals surface area (Å²) in [6.45, 7) is 9.50. The lowest BCUT2D eigenvalue weighted by molar-refractivity contribution is 0.660. The molecule has 62 heavy (non-hydrogen) atoms. The van der Waals surface area contributed by atoms with Crippen LogP contribution in [0.1, 0.15) is 49.9 Å². The molecule has 0 radical (unpaired) electrons. The summed E-state index contributed by atoms with van der Waals surface area (Å²) in [7, 11) is 0. The van der Waals surface area contributed by atoms with Gasteiger partial charge in [0.1, 0.15) is 11.2 Å². The molecule has 0 amide bonds. The molecule has 2 heteroatoms. The number of benzene rings is 10. The van der Waals surface area contributed by atoms with Gasteiger partial charge in [-0.1, -0.05) is 179 Å². The Balaban J connectivity index is 1.18. The largest absolute Gasteiger partial charge is 0.455 e. The lowest BCUT2D eigenvalue weighted by atomic mass is 9.82. The van der Waals surface area contributed by atoms with Crippen LogP contribution in [0.25, 0.3) is 87.6 Å². The number of furan rings is 1. The number of fused-ring (bicyclic) bond motifs is 15. The highest BCUT2D eigenvalue weighted by Crippen LogP contribution is 2.55. The van der Waals surface area contributed by atoms with E-state index >= 15 is 0 Å². The average Bonchev–Trinajstić information content (AvgIpc) is 3.89. The molecule has 0 atom stereocenters. The number of nitrogens with zero attached hydrogens (tertiary/aromatic N) is 1. The van der Waals surface area contributed by atoms with Crippen LogP contribution in [0.15, 0.2) is 192 Å². The molecular formula is C60H43NO. The Morgan fingerprint density at radius 1 is 0.371 bits per heavy atom. The fourth-order valence-electron chi connectivity index (χ4n) is 11.4. The van der Waals surface area contributed by atoms with E-state index < -0.39 is 0 Å². The van der Waals surface area contributed by atoms with Crippen molar-refractivity contribution in [1.29, 1.82) is 0 Å². The highest BCUT2D eigenvalue weighted by atomic mass is 16.3. The molecule has 294 valence electrons. The first-order valence-electron chi connectivity index (χ1n) is 21.8. The Morgan fingerprint density at radius 2 is 0.855 bits per heavy atom. The molecule has 1 aromatic heterocycles. The van der Waals surface area contributed by atoms with Crippen molar-refractivity contribution in [1.82, 2.24) is 0 Å². The summed E-state index contributed by atoms with van der Waals surface area (Å²) in [5.74, 6) is 0. The molecule has 0 saturated carbocycles. The maximum atomic E-state index is 7.28. The van der Waals surface area contributed by atoms with Gasteiger partial charge in [-0.3, -0.25) is 0 Å². The molecule has 2 nitrogen and oxygen atoms in total. The van der Waals surface area contributed by atoms with Gasteiger partial charge in [0, 0.05) is 33.0 Å². The van der Waals surface area contributed by atoms with Gasteiger partial charge in [-0.25, -0.2) is 0 Å². The van der Waals surface area contributed by atoms with Crippen LogP contribution in [0.2, 0.25) is 0 Å². The monoisotopic (exact) mass is 793 g/mol. The van der Waals surface area contributed by atoms with Crippen LogP contribution in [-0.2, 0) is 10.8 Å². The predicted octanol–water partition coefficient (Wildman–Crippen LogP) is 16.8. The third kappa shape index (κ3) is 4.75. The highest BCUT2D eigenvalue weighted by molar-refractivity contribution is 6.32. The van der Waals surface area contributed by atoms with Crippen LogP contribution in [0.5, 0.6) is 0 Å². The van der Waals surface area contributed by atoms with E-state index in [1.54, 1.807) is 0 Å². The molecule has 2 aliphatic rings. The second kappa shape index (κ2) is 12.6. The van der Waals surface area contributed by atoms with Gasteiger partial charge in [0.05, 0.1) is 11.1 Å². The average molecular weight is 794 g/mol. The maximum Gasteiger partial charge on any atom is 0.143 e. The van der Waals surface area contributed by atoms with Gasteiger partial charge in [-0.05, 0) is 119 Å². The van der Waals surface area contributed by atoms with Gasteiger partial charge < -0.3 is 9.32 Å². The van der Waals surface area contributed by atoms with Crippen molar-refractivity contribution in [3.8, 4) is 33.4 Å². The summed E-state index contributed by atoms with van der Waals surface area (Å²) in [4.78, 5) is 2.54. The summed E-state index contributed by atoms with van der Waals surface area (Å²) in [5, 5.41) is 9.41. The fraction of sp³-hybridized carbons (Fsp3) is 0.100. The minimum absolute atomic E-state index is 0.174. The van der Waals surface area contributed by atoms with Crippen LogP contribution in [0, 0.1) is 0 Å². The zero-order valence-corrected chi connectivity index (χ0v) is 35.3. The Bertz CT molecular complexity index is 3600. The van der Waals surface area contributed by atoms with Gasteiger partial charge >= 0.3 is 0 Å². The first kappa shape index (κ1) is 35.3. The quantitative estimate of drug-likeness (QED) is 0.165. The van der Waals surface area contributed by atoms with E-state index in [1.807, 2.05) is 0 Å². The molecule has 10 aromatic carbocycles. The summed E-state index contributed by atoms with van der Waals surface area (Å²) < 4.78 is 7.28. The standard InChI is InChI=1S/C60H43NO/c1-59(2)50-26-13-11-21-44(50)46-30-28-38(34-52(46)59)61(39-29-31-47-45-22-12-14-27-51(45)60(3,4)53(47)35-39)54-32-37(41-25-15-17-36-16-5-6-18-40(36)41)33-55-57(54)56-48-23-9-7-19-42(48)43-20-8-10-24-49(43)58(56)62-55/h5-35H,1-4H3. The number of hydrogen-bond donors (Lipinski definition) is 0. The smallest absolute Gasteiger partial charge is 0.143 e. The molecule has 0 spiro atoms. The predicted molar refractivity (Wildman–Crippen MR) is 261 cm³/mol. The van der Waals surface area contributed by atoms with E-state index in [0.29, 0.717) is 0 Å². The van der Waals surface area contributed by atoms with Gasteiger partial charge in [0.25, 0.3) is 0 Å². The molecule has 1 heterocycles. The molecule has 0 N–H and O–H groups in total. The highest BCUT2D eigenvalue weighted by Gasteiger charge is 2.38. The van der Waals surface area contributed by atoms with Crippen molar-refractivity contribution in [3.05, 3.63) is 210 Å². The van der Waals surface area contributed by atoms with Crippen molar-refractivity contribution >= 4 is 71.3 Å². The lowest BCUT2D eigenvalue weighted by Gasteiger charge is -2.30. The van der Waals surface area contributed by atoms with Gasteiger partial charge in [-0.15, -0.1) is 0 Å². The summed E-state index contributed by atoms with van der Waals surface area (Å²) >= 11 is 0. The molecule has 11 aromatic rings. The number of hydrogen-bond acceptors (Lipinski definition) is 2. The van der Waals surface area contributed by atoms with E-state index in [1.165, 1.54) is 77.0 Å². The SMILES string of the molecule is CC1(C)c2ccccc2-c2ccc(N(c3ccc4c(c3)C(C)(C)c3ccccc3-4)c3cc(-c4cccc5ccccc45)cc4oc5c6ccccc6c6ccccc6c5c34)cc21. The maximum absolute atomic E-state index is 7.28. The lowest BCUT2D eigenvalue weighted by Crippen LogP contribution is -2.18. The van der Waals surface area contributed by atoms with E-state index in [9.17, 15) is 0 Å². The normalized spacial score (nSPS) is 14.4. The molecular weight excluding hydrogens is 751 g/mol. The zero-order chi connectivity index (χ0) is 41.5. The molecule has 0 bridgehead atoms. The number of anilines is 3. The second-order valence-electron chi connectivity index (χ2n) is 18.4. The minimum Gasteiger partial charge on any atom is -0.455 e. The van der Waals surface area contributed by atoms with Gasteiger partial charge in [0.2, 0.25) is 0 Å². The first-order chi connectivity index (χ1) is 30.3. The van der Waals surface area contributed by atoms with Crippen molar-refractivity contribution in [2.45, 2.75) is 38.5 Å². The van der Waals surface area contributed by atoms with E-state index in [2.05, 4.69) is 221 Å². The van der Waals surface area contributed by atoms with Crippen molar-refractivity contribution in [2.75, 3.05) is 4.90 Å². The Kier molecular flexibility index (Phi) is 7.16. The third-order valence-corrected chi connectivity index (χ3v) is 14.4. The van der Waals surface area contributed by atoms with Gasteiger partial charge in [0.15, 0.2) is 0 Å². The van der Waals surface area contributed by atoms with Crippen LogP contribution in [0.3, 0.4) is 0 Å². The third-order valence-electron chi connectivity index (χ3n) is 14.4. The van der Waals surface area contributed by atoms with E-state index in [-0.39, 0.29) is 10.8 Å². The van der Waals surface area contributed by atoms with E-state index in [4.69, 9.17) is 4.42 Å². The first-order valence-corrected chi connectivity index (χ1v) is 21.8. The zero-order valence-electron chi connectivity index (χ0n) is 35.3. The Morgan fingerprint density at radius 3 is 1.50 bits per heavy atom. The Labute approximate surface area is 361 Å². The molecule has 0 unspecified atom stereocenters. The Hall–Kier alpha value is -7.42.